The van der Waals surface area contributed by atoms with E-state index in [1.165, 1.54) is 6.07 Å². The van der Waals surface area contributed by atoms with Gasteiger partial charge in [-0.1, -0.05) is 11.6 Å². The zero-order chi connectivity index (χ0) is 20.6. The van der Waals surface area contributed by atoms with E-state index < -0.39 is 11.7 Å². The molecule has 1 saturated heterocycles. The molecule has 0 N–H and O–H groups in total. The first-order valence-electron chi connectivity index (χ1n) is 9.88. The van der Waals surface area contributed by atoms with Crippen LogP contribution in [0.5, 0.6) is 0 Å². The number of carbonyl (C=O) groups is 1. The van der Waals surface area contributed by atoms with E-state index in [4.69, 9.17) is 11.6 Å². The van der Waals surface area contributed by atoms with Crippen LogP contribution in [0.2, 0.25) is 5.02 Å². The smallest absolute Gasteiger partial charge is 0.369 e. The zero-order valence-corrected chi connectivity index (χ0v) is 16.8. The summed E-state index contributed by atoms with van der Waals surface area (Å²) in [6.07, 6.45) is 0.0396. The molecule has 1 aliphatic carbocycles. The molecule has 2 aromatic rings. The van der Waals surface area contributed by atoms with Gasteiger partial charge in [0.2, 0.25) is 0 Å². The van der Waals surface area contributed by atoms with Crippen molar-refractivity contribution in [3.63, 3.8) is 0 Å². The van der Waals surface area contributed by atoms with Crippen LogP contribution in [0, 0.1) is 0 Å². The maximum Gasteiger partial charge on any atom is 0.417 e. The standard InChI is InChI=1S/C21H23ClF3N3O/c22-18-5-4-15(14-17(18)21(23,24)25)27-11-8-26(9-12-27)10-13-28-7-6-16-19(28)2-1-3-20(16)29/h4-7,14H,1-3,8-13H2. The molecule has 0 spiro atoms. The number of carbonyl (C=O) groups excluding carboxylic acids is 1. The van der Waals surface area contributed by atoms with Crippen LogP contribution < -0.4 is 4.90 Å². The number of hydrogen-bond acceptors (Lipinski definition) is 3. The van der Waals surface area contributed by atoms with Gasteiger partial charge in [0.25, 0.3) is 0 Å². The Morgan fingerprint density at radius 1 is 1.00 bits per heavy atom. The van der Waals surface area contributed by atoms with Crippen molar-refractivity contribution < 1.29 is 18.0 Å². The van der Waals surface area contributed by atoms with Crippen LogP contribution in [0.15, 0.2) is 30.5 Å². The molecule has 156 valence electrons. The van der Waals surface area contributed by atoms with Crippen LogP contribution in [-0.2, 0) is 19.1 Å². The van der Waals surface area contributed by atoms with E-state index in [0.717, 1.165) is 56.3 Å². The number of Topliss-reactive ketones (excluding diaryl/α,β-unsaturated/α-hetero) is 1. The van der Waals surface area contributed by atoms with Crippen molar-refractivity contribution >= 4 is 23.1 Å². The van der Waals surface area contributed by atoms with Gasteiger partial charge in [-0.15, -0.1) is 0 Å². The Kier molecular flexibility index (Phi) is 5.62. The molecule has 0 amide bonds. The van der Waals surface area contributed by atoms with E-state index in [-0.39, 0.29) is 10.8 Å². The van der Waals surface area contributed by atoms with E-state index in [9.17, 15) is 18.0 Å². The third kappa shape index (κ3) is 4.31. The lowest BCUT2D eigenvalue weighted by molar-refractivity contribution is -0.137. The lowest BCUT2D eigenvalue weighted by atomic mass is 9.97. The fourth-order valence-corrected chi connectivity index (χ4v) is 4.43. The van der Waals surface area contributed by atoms with Crippen molar-refractivity contribution in [3.8, 4) is 0 Å². The predicted molar refractivity (Wildman–Crippen MR) is 107 cm³/mol. The second kappa shape index (κ2) is 8.03. The number of anilines is 1. The van der Waals surface area contributed by atoms with Crippen LogP contribution in [0.4, 0.5) is 18.9 Å². The second-order valence-corrected chi connectivity index (χ2v) is 8.04. The first-order chi connectivity index (χ1) is 13.8. The van der Waals surface area contributed by atoms with Crippen LogP contribution >= 0.6 is 11.6 Å². The molecule has 4 rings (SSSR count). The van der Waals surface area contributed by atoms with E-state index in [1.54, 1.807) is 6.07 Å². The van der Waals surface area contributed by atoms with Gasteiger partial charge >= 0.3 is 6.18 Å². The highest BCUT2D eigenvalue weighted by Gasteiger charge is 2.34. The van der Waals surface area contributed by atoms with Gasteiger partial charge in [0.15, 0.2) is 5.78 Å². The van der Waals surface area contributed by atoms with Gasteiger partial charge in [-0.25, -0.2) is 0 Å². The van der Waals surface area contributed by atoms with Crippen LogP contribution in [0.3, 0.4) is 0 Å². The number of fused-ring (bicyclic) bond motifs is 1. The molecule has 0 unspecified atom stereocenters. The first-order valence-corrected chi connectivity index (χ1v) is 10.3. The molecule has 8 heteroatoms. The third-order valence-electron chi connectivity index (χ3n) is 5.85. The second-order valence-electron chi connectivity index (χ2n) is 7.64. The number of nitrogens with zero attached hydrogens (tertiary/aromatic N) is 3. The van der Waals surface area contributed by atoms with Crippen LogP contribution in [0.25, 0.3) is 0 Å². The number of halogens is 4. The largest absolute Gasteiger partial charge is 0.417 e. The molecule has 1 aromatic heterocycles. The van der Waals surface area contributed by atoms with Crippen molar-refractivity contribution in [1.82, 2.24) is 9.47 Å². The minimum Gasteiger partial charge on any atom is -0.369 e. The molecule has 1 fully saturated rings. The molecule has 1 aliphatic heterocycles. The number of rotatable bonds is 4. The normalized spacial score (nSPS) is 18.2. The van der Waals surface area contributed by atoms with Gasteiger partial charge in [0.05, 0.1) is 10.6 Å². The average molecular weight is 426 g/mol. The molecule has 2 heterocycles. The molecule has 0 bridgehead atoms. The maximum atomic E-state index is 13.1. The average Bonchev–Trinajstić information content (AvgIpc) is 3.11. The van der Waals surface area contributed by atoms with Crippen molar-refractivity contribution in [2.24, 2.45) is 0 Å². The van der Waals surface area contributed by atoms with Crippen molar-refractivity contribution in [3.05, 3.63) is 52.3 Å². The summed E-state index contributed by atoms with van der Waals surface area (Å²) < 4.78 is 41.5. The van der Waals surface area contributed by atoms with Crippen LogP contribution in [-0.4, -0.2) is 48.0 Å². The summed E-state index contributed by atoms with van der Waals surface area (Å²) in [4.78, 5) is 16.3. The summed E-state index contributed by atoms with van der Waals surface area (Å²) in [6.45, 7) is 4.58. The van der Waals surface area contributed by atoms with E-state index >= 15 is 0 Å². The molecular weight excluding hydrogens is 403 g/mol. The summed E-state index contributed by atoms with van der Waals surface area (Å²) >= 11 is 5.72. The number of ketones is 1. The van der Waals surface area contributed by atoms with Gasteiger partial charge in [0.1, 0.15) is 0 Å². The highest BCUT2D eigenvalue weighted by molar-refractivity contribution is 6.31. The fraction of sp³-hybridized carbons (Fsp3) is 0.476. The molecule has 29 heavy (non-hydrogen) atoms. The molecular formula is C21H23ClF3N3O. The molecule has 2 aliphatic rings. The number of alkyl halides is 3. The third-order valence-corrected chi connectivity index (χ3v) is 6.18. The van der Waals surface area contributed by atoms with Gasteiger partial charge < -0.3 is 9.47 Å². The lowest BCUT2D eigenvalue weighted by Crippen LogP contribution is -2.47. The Balaban J connectivity index is 1.34. The highest BCUT2D eigenvalue weighted by atomic mass is 35.5. The number of hydrogen-bond donors (Lipinski definition) is 0. The predicted octanol–water partition coefficient (Wildman–Crippen LogP) is 4.50. The summed E-state index contributed by atoms with van der Waals surface area (Å²) in [7, 11) is 0. The first kappa shape index (κ1) is 20.3. The molecule has 0 saturated carbocycles. The Morgan fingerprint density at radius 2 is 1.76 bits per heavy atom. The zero-order valence-electron chi connectivity index (χ0n) is 16.0. The minimum atomic E-state index is -4.45. The number of benzene rings is 1. The molecule has 0 atom stereocenters. The SMILES string of the molecule is O=C1CCCc2c1ccn2CCN1CCN(c2ccc(Cl)c(C(F)(F)F)c2)CC1. The highest BCUT2D eigenvalue weighted by Crippen LogP contribution is 2.37. The van der Waals surface area contributed by atoms with E-state index in [1.807, 2.05) is 17.2 Å². The van der Waals surface area contributed by atoms with Gasteiger partial charge in [-0.2, -0.15) is 13.2 Å². The van der Waals surface area contributed by atoms with E-state index in [0.29, 0.717) is 25.2 Å². The van der Waals surface area contributed by atoms with Crippen molar-refractivity contribution in [1.29, 1.82) is 0 Å². The summed E-state index contributed by atoms with van der Waals surface area (Å²) in [6, 6.07) is 6.04. The summed E-state index contributed by atoms with van der Waals surface area (Å²) in [5, 5.41) is -0.270. The van der Waals surface area contributed by atoms with E-state index in [2.05, 4.69) is 9.47 Å². The fourth-order valence-electron chi connectivity index (χ4n) is 4.20. The Morgan fingerprint density at radius 3 is 2.48 bits per heavy atom. The van der Waals surface area contributed by atoms with Gasteiger partial charge in [0, 0.05) is 68.8 Å². The topological polar surface area (TPSA) is 28.5 Å². The Labute approximate surface area is 172 Å². The summed E-state index contributed by atoms with van der Waals surface area (Å²) in [5.41, 5.74) is 1.77. The van der Waals surface area contributed by atoms with Crippen molar-refractivity contribution in [2.75, 3.05) is 37.6 Å². The maximum absolute atomic E-state index is 13.1. The van der Waals surface area contributed by atoms with Crippen LogP contribution in [0.1, 0.15) is 34.5 Å². The molecule has 4 nitrogen and oxygen atoms in total. The Bertz CT molecular complexity index is 901. The minimum absolute atomic E-state index is 0.236. The van der Waals surface area contributed by atoms with Crippen molar-refractivity contribution in [2.45, 2.75) is 32.0 Å². The monoisotopic (exact) mass is 425 g/mol. The van der Waals surface area contributed by atoms with Gasteiger partial charge in [-0.05, 0) is 37.1 Å². The quantitative estimate of drug-likeness (QED) is 0.722. The molecule has 0 radical (unpaired) electrons. The number of piperazine rings is 1. The summed E-state index contributed by atoms with van der Waals surface area (Å²) in [5.74, 6) is 0.236. The molecule has 1 aromatic carbocycles. The van der Waals surface area contributed by atoms with Gasteiger partial charge in [-0.3, -0.25) is 9.69 Å². The number of aromatic nitrogens is 1. The lowest BCUT2D eigenvalue weighted by Gasteiger charge is -2.36. The Hall–Kier alpha value is -1.99.